The Balaban J connectivity index is 2.14. The van der Waals surface area contributed by atoms with Gasteiger partial charge in [0.1, 0.15) is 0 Å². The van der Waals surface area contributed by atoms with Crippen molar-refractivity contribution in [2.75, 3.05) is 5.73 Å². The predicted molar refractivity (Wildman–Crippen MR) is 76.6 cm³/mol. The first kappa shape index (κ1) is 12.3. The highest BCUT2D eigenvalue weighted by atomic mass is 35.5. The van der Waals surface area contributed by atoms with Crippen molar-refractivity contribution in [3.05, 3.63) is 59.1 Å². The van der Waals surface area contributed by atoms with E-state index in [9.17, 15) is 0 Å². The van der Waals surface area contributed by atoms with Crippen molar-refractivity contribution in [2.24, 2.45) is 0 Å². The fourth-order valence-corrected chi connectivity index (χ4v) is 2.92. The summed E-state index contributed by atoms with van der Waals surface area (Å²) in [6, 6.07) is 15.9. The Morgan fingerprint density at radius 3 is 2.59 bits per heavy atom. The number of benzene rings is 2. The van der Waals surface area contributed by atoms with E-state index in [1.165, 1.54) is 10.5 Å². The van der Waals surface area contributed by atoms with Crippen molar-refractivity contribution < 1.29 is 0 Å². The Labute approximate surface area is 111 Å². The Morgan fingerprint density at radius 1 is 1.12 bits per heavy atom. The van der Waals surface area contributed by atoms with Crippen LogP contribution in [0.3, 0.4) is 0 Å². The minimum atomic E-state index is 0.358. The van der Waals surface area contributed by atoms with Crippen molar-refractivity contribution in [1.29, 1.82) is 0 Å². The molecule has 2 rings (SSSR count). The lowest BCUT2D eigenvalue weighted by Crippen LogP contribution is -1.91. The zero-order chi connectivity index (χ0) is 12.3. The fourth-order valence-electron chi connectivity index (χ4n) is 1.62. The van der Waals surface area contributed by atoms with E-state index in [2.05, 4.69) is 19.1 Å². The summed E-state index contributed by atoms with van der Waals surface area (Å²) in [6.45, 7) is 2.17. The molecule has 0 heterocycles. The number of halogens is 1. The van der Waals surface area contributed by atoms with E-state index in [-0.39, 0.29) is 0 Å². The first-order chi connectivity index (χ1) is 8.15. The molecule has 1 nitrogen and oxygen atoms in total. The molecule has 0 aliphatic rings. The van der Waals surface area contributed by atoms with Gasteiger partial charge in [0.05, 0.1) is 0 Å². The zero-order valence-electron chi connectivity index (χ0n) is 9.56. The van der Waals surface area contributed by atoms with Crippen LogP contribution in [-0.4, -0.2) is 0 Å². The van der Waals surface area contributed by atoms with Crippen LogP contribution < -0.4 is 5.73 Å². The number of thioether (sulfide) groups is 1. The van der Waals surface area contributed by atoms with Gasteiger partial charge in [0.2, 0.25) is 0 Å². The number of nitrogens with two attached hydrogens (primary N) is 1. The molecule has 0 bridgehead atoms. The minimum Gasteiger partial charge on any atom is -0.399 e. The Hall–Kier alpha value is -1.12. The summed E-state index contributed by atoms with van der Waals surface area (Å²) < 4.78 is 0. The molecule has 88 valence electrons. The van der Waals surface area contributed by atoms with Crippen LogP contribution in [0.15, 0.2) is 53.4 Å². The molecular formula is C14H14ClNS. The molecule has 0 aliphatic carbocycles. The molecule has 0 fully saturated rings. The lowest BCUT2D eigenvalue weighted by Gasteiger charge is -2.12. The molecule has 0 saturated heterocycles. The van der Waals surface area contributed by atoms with E-state index in [4.69, 9.17) is 17.3 Å². The third-order valence-electron chi connectivity index (χ3n) is 2.49. The van der Waals surface area contributed by atoms with Gasteiger partial charge in [-0.3, -0.25) is 0 Å². The largest absolute Gasteiger partial charge is 0.399 e. The van der Waals surface area contributed by atoms with E-state index in [0.717, 1.165) is 10.7 Å². The second-order valence-corrected chi connectivity index (χ2v) is 5.74. The molecule has 17 heavy (non-hydrogen) atoms. The van der Waals surface area contributed by atoms with Crippen molar-refractivity contribution in [3.8, 4) is 0 Å². The first-order valence-corrected chi connectivity index (χ1v) is 6.68. The SMILES string of the molecule is CC(Sc1cccc(Cl)c1)c1cccc(N)c1. The van der Waals surface area contributed by atoms with E-state index < -0.39 is 0 Å². The molecule has 0 saturated carbocycles. The van der Waals surface area contributed by atoms with Gasteiger partial charge in [-0.05, 0) is 42.8 Å². The van der Waals surface area contributed by atoms with Gasteiger partial charge in [-0.15, -0.1) is 11.8 Å². The molecule has 0 spiro atoms. The first-order valence-electron chi connectivity index (χ1n) is 5.43. The van der Waals surface area contributed by atoms with E-state index in [0.29, 0.717) is 5.25 Å². The molecule has 1 unspecified atom stereocenters. The van der Waals surface area contributed by atoms with Crippen molar-refractivity contribution in [1.82, 2.24) is 0 Å². The van der Waals surface area contributed by atoms with E-state index in [1.807, 2.05) is 36.4 Å². The van der Waals surface area contributed by atoms with Gasteiger partial charge >= 0.3 is 0 Å². The Morgan fingerprint density at radius 2 is 1.88 bits per heavy atom. The summed E-state index contributed by atoms with van der Waals surface area (Å²) in [5.74, 6) is 0. The van der Waals surface area contributed by atoms with Gasteiger partial charge in [-0.1, -0.05) is 29.8 Å². The van der Waals surface area contributed by atoms with Gasteiger partial charge in [-0.2, -0.15) is 0 Å². The van der Waals surface area contributed by atoms with Gasteiger partial charge in [-0.25, -0.2) is 0 Å². The highest BCUT2D eigenvalue weighted by Crippen LogP contribution is 2.35. The molecule has 0 radical (unpaired) electrons. The van der Waals surface area contributed by atoms with Crippen LogP contribution in [0.25, 0.3) is 0 Å². The molecule has 2 aromatic carbocycles. The summed E-state index contributed by atoms with van der Waals surface area (Å²) in [5.41, 5.74) is 7.82. The maximum absolute atomic E-state index is 5.97. The Bertz CT molecular complexity index is 513. The van der Waals surface area contributed by atoms with Crippen LogP contribution in [-0.2, 0) is 0 Å². The number of hydrogen-bond acceptors (Lipinski definition) is 2. The lowest BCUT2D eigenvalue weighted by atomic mass is 10.1. The van der Waals surface area contributed by atoms with Crippen LogP contribution in [0.2, 0.25) is 5.02 Å². The topological polar surface area (TPSA) is 26.0 Å². The normalized spacial score (nSPS) is 12.4. The average Bonchev–Trinajstić information content (AvgIpc) is 2.29. The summed E-state index contributed by atoms with van der Waals surface area (Å²) in [7, 11) is 0. The van der Waals surface area contributed by atoms with E-state index >= 15 is 0 Å². The Kier molecular flexibility index (Phi) is 3.97. The monoisotopic (exact) mass is 263 g/mol. The number of nitrogen functional groups attached to an aromatic ring is 1. The summed E-state index contributed by atoms with van der Waals surface area (Å²) >= 11 is 7.75. The summed E-state index contributed by atoms with van der Waals surface area (Å²) in [4.78, 5) is 1.17. The van der Waals surface area contributed by atoms with Gasteiger partial charge in [0, 0.05) is 20.9 Å². The number of hydrogen-bond donors (Lipinski definition) is 1. The fraction of sp³-hybridized carbons (Fsp3) is 0.143. The molecule has 0 amide bonds. The summed E-state index contributed by atoms with van der Waals surface area (Å²) in [6.07, 6.45) is 0. The quantitative estimate of drug-likeness (QED) is 0.637. The molecule has 2 N–H and O–H groups in total. The maximum atomic E-state index is 5.97. The molecule has 3 heteroatoms. The van der Waals surface area contributed by atoms with Crippen molar-refractivity contribution >= 4 is 29.1 Å². The maximum Gasteiger partial charge on any atom is 0.0417 e. The minimum absolute atomic E-state index is 0.358. The summed E-state index contributed by atoms with van der Waals surface area (Å²) in [5, 5.41) is 1.13. The van der Waals surface area contributed by atoms with Crippen LogP contribution in [0.4, 0.5) is 5.69 Å². The molecule has 2 aromatic rings. The van der Waals surface area contributed by atoms with Gasteiger partial charge in [0.15, 0.2) is 0 Å². The number of rotatable bonds is 3. The molecule has 0 aliphatic heterocycles. The molecule has 0 aromatic heterocycles. The van der Waals surface area contributed by atoms with Crippen molar-refractivity contribution in [2.45, 2.75) is 17.1 Å². The predicted octanol–water partition coefficient (Wildman–Crippen LogP) is 4.78. The van der Waals surface area contributed by atoms with Gasteiger partial charge in [0.25, 0.3) is 0 Å². The zero-order valence-corrected chi connectivity index (χ0v) is 11.1. The van der Waals surface area contributed by atoms with Gasteiger partial charge < -0.3 is 5.73 Å². The second-order valence-electron chi connectivity index (χ2n) is 3.89. The third kappa shape index (κ3) is 3.42. The highest BCUT2D eigenvalue weighted by molar-refractivity contribution is 7.99. The van der Waals surface area contributed by atoms with Crippen LogP contribution in [0.5, 0.6) is 0 Å². The smallest absolute Gasteiger partial charge is 0.0417 e. The second kappa shape index (κ2) is 5.48. The van der Waals surface area contributed by atoms with Crippen LogP contribution >= 0.6 is 23.4 Å². The molecular weight excluding hydrogens is 250 g/mol. The van der Waals surface area contributed by atoms with Crippen LogP contribution in [0.1, 0.15) is 17.7 Å². The highest BCUT2D eigenvalue weighted by Gasteiger charge is 2.07. The van der Waals surface area contributed by atoms with Crippen LogP contribution in [0, 0.1) is 0 Å². The molecule has 1 atom stereocenters. The third-order valence-corrected chi connectivity index (χ3v) is 3.88. The van der Waals surface area contributed by atoms with E-state index in [1.54, 1.807) is 11.8 Å². The average molecular weight is 264 g/mol. The lowest BCUT2D eigenvalue weighted by molar-refractivity contribution is 1.10. The number of anilines is 1. The standard InChI is InChI=1S/C14H14ClNS/c1-10(11-4-2-6-13(16)8-11)17-14-7-3-5-12(15)9-14/h2-10H,16H2,1H3. The van der Waals surface area contributed by atoms with Crippen molar-refractivity contribution in [3.63, 3.8) is 0 Å².